The number of rotatable bonds is 5. The third-order valence-corrected chi connectivity index (χ3v) is 5.71. The molecule has 4 rings (SSSR count). The fraction of sp³-hybridized carbons (Fsp3) is 0.500. The van der Waals surface area contributed by atoms with Crippen molar-refractivity contribution in [1.29, 1.82) is 0 Å². The fourth-order valence-electron chi connectivity index (χ4n) is 3.30. The Balaban J connectivity index is 1.30. The Kier molecular flexibility index (Phi) is 5.97. The molecular weight excluding hydrogens is 390 g/mol. The number of hydrogen-bond donors (Lipinski definition) is 0. The van der Waals surface area contributed by atoms with Gasteiger partial charge >= 0.3 is 0 Å². The third kappa shape index (κ3) is 4.63. The first-order chi connectivity index (χ1) is 13.2. The van der Waals surface area contributed by atoms with E-state index in [1.54, 1.807) is 12.1 Å². The summed E-state index contributed by atoms with van der Waals surface area (Å²) in [6.07, 6.45) is 1.81. The largest absolute Gasteiger partial charge is 0.411 e. The molecule has 2 aromatic rings. The molecule has 1 aromatic heterocycles. The average Bonchev–Trinajstić information content (AvgIpc) is 3.39. The molecule has 0 N–H and O–H groups in total. The number of nitrogens with zero attached hydrogens (tertiary/aromatic N) is 3. The van der Waals surface area contributed by atoms with E-state index in [4.69, 9.17) is 25.5 Å². The first-order valence-corrected chi connectivity index (χ1v) is 10.3. The molecule has 27 heavy (non-hydrogen) atoms. The van der Waals surface area contributed by atoms with Crippen LogP contribution in [0.5, 0.6) is 0 Å². The van der Waals surface area contributed by atoms with Crippen molar-refractivity contribution in [3.63, 3.8) is 0 Å². The van der Waals surface area contributed by atoms with E-state index in [1.165, 1.54) is 11.8 Å². The number of hydrogen-bond acceptors (Lipinski definition) is 7. The van der Waals surface area contributed by atoms with E-state index < -0.39 is 0 Å². The summed E-state index contributed by atoms with van der Waals surface area (Å²) < 4.78 is 16.8. The number of carbonyl (C=O) groups is 1. The molecule has 2 fully saturated rings. The molecule has 9 heteroatoms. The third-order valence-electron chi connectivity index (χ3n) is 4.66. The zero-order valence-electron chi connectivity index (χ0n) is 14.7. The Labute approximate surface area is 166 Å². The van der Waals surface area contributed by atoms with Crippen LogP contribution in [0.3, 0.4) is 0 Å². The lowest BCUT2D eigenvalue weighted by Gasteiger charge is -2.34. The normalized spacial score (nSPS) is 20.9. The van der Waals surface area contributed by atoms with Crippen molar-refractivity contribution in [1.82, 2.24) is 15.1 Å². The summed E-state index contributed by atoms with van der Waals surface area (Å²) in [6, 6.07) is 7.16. The second-order valence-electron chi connectivity index (χ2n) is 6.52. The Hall–Kier alpha value is -1.61. The molecule has 0 bridgehead atoms. The summed E-state index contributed by atoms with van der Waals surface area (Å²) in [5.41, 5.74) is 0.792. The minimum Gasteiger partial charge on any atom is -0.411 e. The summed E-state index contributed by atoms with van der Waals surface area (Å²) in [5.74, 6) is 0.987. The number of halogens is 1. The zero-order chi connectivity index (χ0) is 18.6. The standard InChI is InChI=1S/C18H20ClN3O4S/c19-14-5-3-12(4-6-14)16-20-21-18(26-16)27-11-15(23)22-7-1-2-13(10-22)17-24-8-9-25-17/h3-6,13,17H,1-2,7-11H2. The average molecular weight is 410 g/mol. The van der Waals surface area contributed by atoms with Gasteiger partial charge in [0.25, 0.3) is 5.22 Å². The molecule has 2 aliphatic rings. The Morgan fingerprint density at radius 1 is 1.22 bits per heavy atom. The van der Waals surface area contributed by atoms with Crippen LogP contribution in [0.15, 0.2) is 33.9 Å². The number of carbonyl (C=O) groups excluding carboxylic acids is 1. The molecule has 3 heterocycles. The highest BCUT2D eigenvalue weighted by Gasteiger charge is 2.32. The van der Waals surface area contributed by atoms with Gasteiger partial charge in [0.15, 0.2) is 6.29 Å². The first-order valence-electron chi connectivity index (χ1n) is 8.92. The highest BCUT2D eigenvalue weighted by Crippen LogP contribution is 2.27. The number of likely N-dealkylation sites (tertiary alicyclic amines) is 1. The van der Waals surface area contributed by atoms with Crippen LogP contribution in [-0.2, 0) is 14.3 Å². The summed E-state index contributed by atoms with van der Waals surface area (Å²) in [6.45, 7) is 2.71. The minimum absolute atomic E-state index is 0.0638. The van der Waals surface area contributed by atoms with Crippen molar-refractivity contribution in [3.8, 4) is 11.5 Å². The Morgan fingerprint density at radius 2 is 2.00 bits per heavy atom. The zero-order valence-corrected chi connectivity index (χ0v) is 16.2. The number of ether oxygens (including phenoxy) is 2. The van der Waals surface area contributed by atoms with Crippen LogP contribution in [0.25, 0.3) is 11.5 Å². The maximum Gasteiger partial charge on any atom is 0.277 e. The smallest absolute Gasteiger partial charge is 0.277 e. The molecule has 1 amide bonds. The number of thioether (sulfide) groups is 1. The van der Waals surface area contributed by atoms with E-state index in [-0.39, 0.29) is 23.9 Å². The van der Waals surface area contributed by atoms with Gasteiger partial charge in [0.05, 0.1) is 19.0 Å². The van der Waals surface area contributed by atoms with Gasteiger partial charge in [0.2, 0.25) is 11.8 Å². The van der Waals surface area contributed by atoms with Gasteiger partial charge in [-0.2, -0.15) is 0 Å². The van der Waals surface area contributed by atoms with E-state index in [2.05, 4.69) is 10.2 Å². The second kappa shape index (κ2) is 8.60. The molecule has 2 aliphatic heterocycles. The molecule has 144 valence electrons. The summed E-state index contributed by atoms with van der Waals surface area (Å²) in [4.78, 5) is 14.4. The molecule has 0 spiro atoms. The lowest BCUT2D eigenvalue weighted by molar-refractivity contribution is -0.136. The van der Waals surface area contributed by atoms with E-state index in [1.807, 2.05) is 17.0 Å². The van der Waals surface area contributed by atoms with Crippen LogP contribution in [0.4, 0.5) is 0 Å². The van der Waals surface area contributed by atoms with Crippen LogP contribution in [0.1, 0.15) is 12.8 Å². The quantitative estimate of drug-likeness (QED) is 0.702. The van der Waals surface area contributed by atoms with E-state index in [9.17, 15) is 4.79 Å². The molecule has 7 nitrogen and oxygen atoms in total. The predicted molar refractivity (Wildman–Crippen MR) is 100 cm³/mol. The molecule has 0 aliphatic carbocycles. The van der Waals surface area contributed by atoms with Crippen molar-refractivity contribution in [2.45, 2.75) is 24.4 Å². The molecule has 2 saturated heterocycles. The molecule has 0 radical (unpaired) electrons. The SMILES string of the molecule is O=C(CSc1nnc(-c2ccc(Cl)cc2)o1)N1CCCC(C2OCCO2)C1. The van der Waals surface area contributed by atoms with Crippen LogP contribution in [0, 0.1) is 5.92 Å². The van der Waals surface area contributed by atoms with Crippen LogP contribution in [0.2, 0.25) is 5.02 Å². The Morgan fingerprint density at radius 3 is 2.78 bits per heavy atom. The van der Waals surface area contributed by atoms with Gasteiger partial charge in [-0.3, -0.25) is 4.79 Å². The van der Waals surface area contributed by atoms with Crippen LogP contribution >= 0.6 is 23.4 Å². The van der Waals surface area contributed by atoms with Gasteiger partial charge in [-0.05, 0) is 37.1 Å². The van der Waals surface area contributed by atoms with Crippen molar-refractivity contribution < 1.29 is 18.7 Å². The van der Waals surface area contributed by atoms with E-state index in [0.717, 1.165) is 24.9 Å². The fourth-order valence-corrected chi connectivity index (χ4v) is 4.09. The molecule has 1 atom stereocenters. The minimum atomic E-state index is -0.175. The van der Waals surface area contributed by atoms with Gasteiger partial charge in [0.1, 0.15) is 0 Å². The van der Waals surface area contributed by atoms with Crippen LogP contribution in [-0.4, -0.2) is 59.4 Å². The number of piperidine rings is 1. The lowest BCUT2D eigenvalue weighted by atomic mass is 9.97. The highest BCUT2D eigenvalue weighted by atomic mass is 35.5. The van der Waals surface area contributed by atoms with Gasteiger partial charge in [-0.1, -0.05) is 23.4 Å². The monoisotopic (exact) mass is 409 g/mol. The van der Waals surface area contributed by atoms with Crippen molar-refractivity contribution in [2.75, 3.05) is 32.1 Å². The number of benzene rings is 1. The predicted octanol–water partition coefficient (Wildman–Crippen LogP) is 3.09. The maximum atomic E-state index is 12.6. The highest BCUT2D eigenvalue weighted by molar-refractivity contribution is 7.99. The molecule has 0 saturated carbocycles. The summed E-state index contributed by atoms with van der Waals surface area (Å²) in [7, 11) is 0. The summed E-state index contributed by atoms with van der Waals surface area (Å²) in [5, 5.41) is 9.07. The van der Waals surface area contributed by atoms with E-state index >= 15 is 0 Å². The van der Waals surface area contributed by atoms with Crippen molar-refractivity contribution in [3.05, 3.63) is 29.3 Å². The molecule has 1 aromatic carbocycles. The van der Waals surface area contributed by atoms with E-state index in [0.29, 0.717) is 35.9 Å². The molecular formula is C18H20ClN3O4S. The maximum absolute atomic E-state index is 12.6. The number of aromatic nitrogens is 2. The van der Waals surface area contributed by atoms with Gasteiger partial charge in [-0.15, -0.1) is 10.2 Å². The Bertz CT molecular complexity index is 779. The second-order valence-corrected chi connectivity index (χ2v) is 7.88. The molecule has 1 unspecified atom stereocenters. The van der Waals surface area contributed by atoms with Gasteiger partial charge < -0.3 is 18.8 Å². The van der Waals surface area contributed by atoms with Crippen molar-refractivity contribution >= 4 is 29.3 Å². The van der Waals surface area contributed by atoms with Gasteiger partial charge in [0, 0.05) is 29.6 Å². The number of amides is 1. The lowest BCUT2D eigenvalue weighted by Crippen LogP contribution is -2.44. The summed E-state index contributed by atoms with van der Waals surface area (Å²) >= 11 is 7.14. The van der Waals surface area contributed by atoms with Crippen LogP contribution < -0.4 is 0 Å². The topological polar surface area (TPSA) is 77.7 Å². The van der Waals surface area contributed by atoms with Gasteiger partial charge in [-0.25, -0.2) is 0 Å². The first kappa shape index (κ1) is 18.7. The van der Waals surface area contributed by atoms with Crippen molar-refractivity contribution in [2.24, 2.45) is 5.92 Å².